The molecule has 1 aliphatic rings. The van der Waals surface area contributed by atoms with Gasteiger partial charge in [0.15, 0.2) is 0 Å². The van der Waals surface area contributed by atoms with Gasteiger partial charge >= 0.3 is 12.4 Å². The highest BCUT2D eigenvalue weighted by molar-refractivity contribution is 5.96. The van der Waals surface area contributed by atoms with Gasteiger partial charge in [-0.1, -0.05) is 6.07 Å². The first-order valence-electron chi connectivity index (χ1n) is 8.56. The van der Waals surface area contributed by atoms with E-state index >= 15 is 0 Å². The Balaban J connectivity index is 2.07. The van der Waals surface area contributed by atoms with Gasteiger partial charge < -0.3 is 10.2 Å². The average molecular weight is 420 g/mol. The Morgan fingerprint density at radius 2 is 1.38 bits per heavy atom. The highest BCUT2D eigenvalue weighted by atomic mass is 19.4. The van der Waals surface area contributed by atoms with Crippen molar-refractivity contribution in [3.63, 3.8) is 0 Å². The molecule has 0 unspecified atom stereocenters. The van der Waals surface area contributed by atoms with Crippen LogP contribution >= 0.6 is 0 Å². The third kappa shape index (κ3) is 4.69. The lowest BCUT2D eigenvalue weighted by atomic mass is 9.97. The average Bonchev–Trinajstić information content (AvgIpc) is 2.67. The monoisotopic (exact) mass is 420 g/mol. The van der Waals surface area contributed by atoms with E-state index in [0.29, 0.717) is 38.3 Å². The molecule has 29 heavy (non-hydrogen) atoms. The van der Waals surface area contributed by atoms with E-state index in [1.165, 1.54) is 4.90 Å². The van der Waals surface area contributed by atoms with Gasteiger partial charge in [-0.25, -0.2) is 4.39 Å². The summed E-state index contributed by atoms with van der Waals surface area (Å²) in [6, 6.07) is 3.98. The Morgan fingerprint density at radius 3 is 1.90 bits per heavy atom. The molecule has 0 saturated carbocycles. The summed E-state index contributed by atoms with van der Waals surface area (Å²) in [6.07, 6.45) is -10.0. The summed E-state index contributed by atoms with van der Waals surface area (Å²) in [5.41, 5.74) is -3.92. The standard InChI is InChI=1S/C19H15F7N2O/c20-16-2-1-11(9-15(16)17(29)28-5-3-27-4-6-28)12-7-13(18(21,22)23)10-14(8-12)19(24,25)26/h1-2,7-10,27H,3-6H2. The van der Waals surface area contributed by atoms with Crippen LogP contribution in [0.1, 0.15) is 21.5 Å². The number of benzene rings is 2. The van der Waals surface area contributed by atoms with Crippen molar-refractivity contribution in [2.45, 2.75) is 12.4 Å². The molecule has 0 bridgehead atoms. The lowest BCUT2D eigenvalue weighted by molar-refractivity contribution is -0.143. The number of piperazine rings is 1. The highest BCUT2D eigenvalue weighted by Crippen LogP contribution is 2.38. The van der Waals surface area contributed by atoms with Gasteiger partial charge in [0.1, 0.15) is 5.82 Å². The zero-order valence-corrected chi connectivity index (χ0v) is 14.8. The Labute approximate surface area is 161 Å². The van der Waals surface area contributed by atoms with Gasteiger partial charge in [0.05, 0.1) is 16.7 Å². The number of amides is 1. The number of hydrogen-bond acceptors (Lipinski definition) is 2. The molecule has 0 aromatic heterocycles. The Kier molecular flexibility index (Phi) is 5.57. The van der Waals surface area contributed by atoms with Crippen molar-refractivity contribution in [3.05, 3.63) is 58.9 Å². The van der Waals surface area contributed by atoms with Gasteiger partial charge in [-0.05, 0) is 41.5 Å². The topological polar surface area (TPSA) is 32.3 Å². The van der Waals surface area contributed by atoms with Crippen LogP contribution in [0.15, 0.2) is 36.4 Å². The molecule has 1 aliphatic heterocycles. The molecule has 3 rings (SSSR count). The SMILES string of the molecule is O=C(c1cc(-c2cc(C(F)(F)F)cc(C(F)(F)F)c2)ccc1F)N1CCNCC1. The fourth-order valence-corrected chi connectivity index (χ4v) is 3.03. The van der Waals surface area contributed by atoms with Crippen molar-refractivity contribution in [2.75, 3.05) is 26.2 Å². The second-order valence-corrected chi connectivity index (χ2v) is 6.53. The van der Waals surface area contributed by atoms with Crippen molar-refractivity contribution >= 4 is 5.91 Å². The molecule has 1 N–H and O–H groups in total. The van der Waals surface area contributed by atoms with E-state index in [2.05, 4.69) is 5.32 Å². The van der Waals surface area contributed by atoms with Gasteiger partial charge in [-0.15, -0.1) is 0 Å². The number of nitrogens with zero attached hydrogens (tertiary/aromatic N) is 1. The Bertz CT molecular complexity index is 883. The van der Waals surface area contributed by atoms with E-state index in [4.69, 9.17) is 0 Å². The van der Waals surface area contributed by atoms with Gasteiger partial charge in [-0.3, -0.25) is 4.79 Å². The molecule has 156 valence electrons. The number of alkyl halides is 6. The molecule has 0 radical (unpaired) electrons. The molecule has 1 heterocycles. The molecule has 2 aromatic carbocycles. The summed E-state index contributed by atoms with van der Waals surface area (Å²) < 4.78 is 92.6. The number of nitrogens with one attached hydrogen (secondary N) is 1. The second-order valence-electron chi connectivity index (χ2n) is 6.53. The molecule has 1 fully saturated rings. The molecular formula is C19H15F7N2O. The van der Waals surface area contributed by atoms with E-state index in [1.54, 1.807) is 0 Å². The first kappa shape index (κ1) is 21.1. The van der Waals surface area contributed by atoms with Crippen LogP contribution in [0, 0.1) is 5.82 Å². The molecule has 2 aromatic rings. The van der Waals surface area contributed by atoms with Crippen molar-refractivity contribution in [3.8, 4) is 11.1 Å². The molecule has 1 saturated heterocycles. The summed E-state index contributed by atoms with van der Waals surface area (Å²) >= 11 is 0. The Morgan fingerprint density at radius 1 is 0.828 bits per heavy atom. The predicted molar refractivity (Wildman–Crippen MR) is 90.6 cm³/mol. The van der Waals surface area contributed by atoms with Crippen LogP contribution in [0.25, 0.3) is 11.1 Å². The third-order valence-electron chi connectivity index (χ3n) is 4.52. The first-order valence-corrected chi connectivity index (χ1v) is 8.56. The number of carbonyl (C=O) groups is 1. The largest absolute Gasteiger partial charge is 0.416 e. The molecule has 10 heteroatoms. The fourth-order valence-electron chi connectivity index (χ4n) is 3.03. The smallest absolute Gasteiger partial charge is 0.336 e. The second kappa shape index (κ2) is 7.66. The van der Waals surface area contributed by atoms with Crippen LogP contribution in [0.2, 0.25) is 0 Å². The minimum Gasteiger partial charge on any atom is -0.336 e. The van der Waals surface area contributed by atoms with E-state index in [-0.39, 0.29) is 11.6 Å². The maximum atomic E-state index is 14.2. The van der Waals surface area contributed by atoms with Crippen LogP contribution in [-0.2, 0) is 12.4 Å². The zero-order valence-electron chi connectivity index (χ0n) is 14.8. The lowest BCUT2D eigenvalue weighted by Gasteiger charge is -2.27. The first-order chi connectivity index (χ1) is 13.5. The highest BCUT2D eigenvalue weighted by Gasteiger charge is 2.37. The summed E-state index contributed by atoms with van der Waals surface area (Å²) in [4.78, 5) is 13.9. The molecule has 0 atom stereocenters. The van der Waals surface area contributed by atoms with Crippen molar-refractivity contribution < 1.29 is 35.5 Å². The summed E-state index contributed by atoms with van der Waals surface area (Å²) in [5.74, 6) is -1.57. The van der Waals surface area contributed by atoms with E-state index in [0.717, 1.165) is 18.2 Å². The molecular weight excluding hydrogens is 405 g/mol. The summed E-state index contributed by atoms with van der Waals surface area (Å²) in [6.45, 7) is 1.61. The minimum absolute atomic E-state index is 0.0137. The molecule has 1 amide bonds. The van der Waals surface area contributed by atoms with Crippen LogP contribution in [0.3, 0.4) is 0 Å². The lowest BCUT2D eigenvalue weighted by Crippen LogP contribution is -2.46. The fraction of sp³-hybridized carbons (Fsp3) is 0.316. The van der Waals surface area contributed by atoms with E-state index < -0.39 is 46.3 Å². The number of carbonyl (C=O) groups excluding carboxylic acids is 1. The van der Waals surface area contributed by atoms with Crippen LogP contribution in [-0.4, -0.2) is 37.0 Å². The summed E-state index contributed by atoms with van der Waals surface area (Å²) in [5, 5.41) is 3.01. The van der Waals surface area contributed by atoms with E-state index in [1.807, 2.05) is 0 Å². The molecule has 3 nitrogen and oxygen atoms in total. The zero-order chi connectivity index (χ0) is 21.4. The maximum Gasteiger partial charge on any atom is 0.416 e. The normalized spacial score (nSPS) is 15.5. The van der Waals surface area contributed by atoms with Gasteiger partial charge in [-0.2, -0.15) is 26.3 Å². The van der Waals surface area contributed by atoms with E-state index in [9.17, 15) is 35.5 Å². The van der Waals surface area contributed by atoms with Gasteiger partial charge in [0.25, 0.3) is 5.91 Å². The third-order valence-corrected chi connectivity index (χ3v) is 4.52. The van der Waals surface area contributed by atoms with Crippen molar-refractivity contribution in [1.82, 2.24) is 10.2 Å². The minimum atomic E-state index is -5.00. The van der Waals surface area contributed by atoms with Crippen LogP contribution < -0.4 is 5.32 Å². The van der Waals surface area contributed by atoms with Crippen molar-refractivity contribution in [1.29, 1.82) is 0 Å². The number of rotatable bonds is 2. The predicted octanol–water partition coefficient (Wildman–Crippen LogP) is 4.58. The van der Waals surface area contributed by atoms with Gasteiger partial charge in [0.2, 0.25) is 0 Å². The van der Waals surface area contributed by atoms with Crippen molar-refractivity contribution in [2.24, 2.45) is 0 Å². The van der Waals surface area contributed by atoms with Gasteiger partial charge in [0, 0.05) is 26.2 Å². The number of hydrogen-bond donors (Lipinski definition) is 1. The molecule has 0 spiro atoms. The quantitative estimate of drug-likeness (QED) is 0.722. The maximum absolute atomic E-state index is 14.2. The van der Waals surface area contributed by atoms with Crippen LogP contribution in [0.5, 0.6) is 0 Å². The number of halogens is 7. The molecule has 0 aliphatic carbocycles. The van der Waals surface area contributed by atoms with Crippen LogP contribution in [0.4, 0.5) is 30.7 Å². The summed E-state index contributed by atoms with van der Waals surface area (Å²) in [7, 11) is 0. The Hall–Kier alpha value is -2.62.